The number of hydrogen-bond acceptors (Lipinski definition) is 9. The van der Waals surface area contributed by atoms with E-state index >= 15 is 0 Å². The van der Waals surface area contributed by atoms with Crippen LogP contribution < -0.4 is 0 Å². The molecule has 0 heterocycles. The van der Waals surface area contributed by atoms with E-state index in [1.807, 2.05) is 0 Å². The lowest BCUT2D eigenvalue weighted by atomic mass is 10.1. The fourth-order valence-electron chi connectivity index (χ4n) is 6.21. The average molecular weight is 804 g/mol. The van der Waals surface area contributed by atoms with Gasteiger partial charge < -0.3 is 14.6 Å². The number of nitrogens with zero attached hydrogens (tertiary/aromatic N) is 1. The van der Waals surface area contributed by atoms with E-state index in [0.717, 1.165) is 58.5 Å². The molecule has 2 N–H and O–H groups in total. The summed E-state index contributed by atoms with van der Waals surface area (Å²) in [7, 11) is -3.29. The minimum Gasteiger partial charge on any atom is -0.447 e. The molecule has 0 radical (unpaired) electrons. The summed E-state index contributed by atoms with van der Waals surface area (Å²) >= 11 is 0. The van der Waals surface area contributed by atoms with Gasteiger partial charge in [0.1, 0.15) is 0 Å². The van der Waals surface area contributed by atoms with Crippen LogP contribution in [0, 0.1) is 0 Å². The molecule has 0 spiro atoms. The number of carbonyl (C=O) groups is 2. The Morgan fingerprint density at radius 1 is 0.545 bits per heavy atom. The molecule has 3 atom stereocenters. The van der Waals surface area contributed by atoms with Crippen LogP contribution in [0.4, 0.5) is 0 Å². The summed E-state index contributed by atoms with van der Waals surface area (Å²) in [5, 5.41) is 10.1. The van der Waals surface area contributed by atoms with E-state index in [0.29, 0.717) is 12.8 Å². The van der Waals surface area contributed by atoms with E-state index in [1.54, 1.807) is 25.7 Å². The molecule has 0 aromatic heterocycles. The molecule has 3 unspecified atom stereocenters. The number of allylic oxidation sites excluding steroid dienone is 4. The lowest BCUT2D eigenvalue weighted by Crippen LogP contribution is -2.47. The Labute approximate surface area is 338 Å². The number of unbranched alkanes of at least 4 members (excludes halogenated alkanes) is 22. The minimum absolute atomic E-state index is 0.243. The van der Waals surface area contributed by atoms with Crippen LogP contribution in [0.1, 0.15) is 214 Å². The van der Waals surface area contributed by atoms with Crippen molar-refractivity contribution in [2.24, 2.45) is 0 Å². The predicted molar refractivity (Wildman–Crippen MR) is 227 cm³/mol. The van der Waals surface area contributed by atoms with Gasteiger partial charge in [-0.3, -0.25) is 18.3 Å². The largest absolute Gasteiger partial charge is 0.447 e. The summed E-state index contributed by atoms with van der Waals surface area (Å²) in [4.78, 5) is 26.9. The highest BCUT2D eigenvalue weighted by Gasteiger charge is 2.27. The molecule has 0 rings (SSSR count). The molecule has 0 aromatic carbocycles. The standard InChI is InChI=1S/C43H81NO5.CH4O4S/c1-6-8-10-12-14-16-18-20-22-24-26-28-30-32-34-36-42(46)48-40(4)44(38-39(3)45)41(5)49-43(47)37-35-33-31-29-27-25-23-21-19-17-15-13-11-9-7-2;1-5-6(2,3)4/h20-23,39-41,45H,6-19,24-38H2,1-5H3;1H3,(H,2,3,4). The zero-order chi connectivity index (χ0) is 41.4. The normalized spacial score (nSPS) is 13.5. The highest BCUT2D eigenvalue weighted by Crippen LogP contribution is 2.16. The van der Waals surface area contributed by atoms with E-state index in [1.165, 1.54) is 116 Å². The van der Waals surface area contributed by atoms with E-state index in [4.69, 9.17) is 14.0 Å². The first-order chi connectivity index (χ1) is 26.4. The van der Waals surface area contributed by atoms with Gasteiger partial charge in [-0.05, 0) is 85.0 Å². The maximum atomic E-state index is 12.6. The predicted octanol–water partition coefficient (Wildman–Crippen LogP) is 12.0. The molecule has 0 amide bonds. The maximum Gasteiger partial charge on any atom is 0.397 e. The van der Waals surface area contributed by atoms with Gasteiger partial charge in [0.2, 0.25) is 0 Å². The van der Waals surface area contributed by atoms with Crippen molar-refractivity contribution in [2.75, 3.05) is 13.7 Å². The second-order valence-electron chi connectivity index (χ2n) is 15.0. The molecule has 0 aliphatic carbocycles. The average Bonchev–Trinajstić information content (AvgIpc) is 3.13. The quantitative estimate of drug-likeness (QED) is 0.0205. The third-order valence-electron chi connectivity index (χ3n) is 9.51. The molecule has 326 valence electrons. The molecule has 11 heteroatoms. The Morgan fingerprint density at radius 2 is 0.818 bits per heavy atom. The lowest BCUT2D eigenvalue weighted by molar-refractivity contribution is -0.183. The summed E-state index contributed by atoms with van der Waals surface area (Å²) in [6, 6.07) is 0. The summed E-state index contributed by atoms with van der Waals surface area (Å²) in [5.41, 5.74) is 0. The van der Waals surface area contributed by atoms with Gasteiger partial charge in [0.15, 0.2) is 12.5 Å². The summed E-state index contributed by atoms with van der Waals surface area (Å²) < 4.78 is 41.1. The van der Waals surface area contributed by atoms with E-state index in [-0.39, 0.29) is 18.5 Å². The minimum atomic E-state index is -4.16. The highest BCUT2D eigenvalue weighted by molar-refractivity contribution is 7.80. The van der Waals surface area contributed by atoms with Crippen molar-refractivity contribution in [3.8, 4) is 0 Å². The number of hydrogen-bond donors (Lipinski definition) is 2. The fourth-order valence-corrected chi connectivity index (χ4v) is 6.21. The van der Waals surface area contributed by atoms with Crippen molar-refractivity contribution in [1.82, 2.24) is 4.90 Å². The van der Waals surface area contributed by atoms with Crippen molar-refractivity contribution < 1.29 is 41.3 Å². The number of rotatable bonds is 37. The second-order valence-corrected chi connectivity index (χ2v) is 16.2. The van der Waals surface area contributed by atoms with Crippen LogP contribution in [0.2, 0.25) is 0 Å². The van der Waals surface area contributed by atoms with Gasteiger partial charge in [0, 0.05) is 19.4 Å². The topological polar surface area (TPSA) is 140 Å². The van der Waals surface area contributed by atoms with Crippen LogP contribution in [0.5, 0.6) is 0 Å². The van der Waals surface area contributed by atoms with Gasteiger partial charge in [-0.1, -0.05) is 141 Å². The summed E-state index contributed by atoms with van der Waals surface area (Å²) in [6.45, 7) is 10.0. The van der Waals surface area contributed by atoms with Gasteiger partial charge in [0.25, 0.3) is 0 Å². The van der Waals surface area contributed by atoms with Crippen LogP contribution in [-0.2, 0) is 33.6 Å². The Morgan fingerprint density at radius 3 is 1.09 bits per heavy atom. The first-order valence-electron chi connectivity index (χ1n) is 22.0. The number of aliphatic hydroxyl groups excluding tert-OH is 1. The van der Waals surface area contributed by atoms with Crippen molar-refractivity contribution in [3.63, 3.8) is 0 Å². The number of carbonyl (C=O) groups excluding carboxylic acids is 2. The van der Waals surface area contributed by atoms with Crippen LogP contribution in [0.25, 0.3) is 0 Å². The zero-order valence-corrected chi connectivity index (χ0v) is 37.0. The molecule has 0 aliphatic heterocycles. The van der Waals surface area contributed by atoms with Crippen LogP contribution in [-0.4, -0.2) is 67.1 Å². The van der Waals surface area contributed by atoms with Crippen molar-refractivity contribution >= 4 is 22.3 Å². The molecular formula is C44H85NO9S. The number of aliphatic hydroxyl groups is 1. The van der Waals surface area contributed by atoms with E-state index < -0.39 is 29.0 Å². The van der Waals surface area contributed by atoms with Crippen molar-refractivity contribution in [2.45, 2.75) is 233 Å². The van der Waals surface area contributed by atoms with Gasteiger partial charge >= 0.3 is 22.3 Å². The van der Waals surface area contributed by atoms with Crippen LogP contribution in [0.15, 0.2) is 24.3 Å². The van der Waals surface area contributed by atoms with Crippen LogP contribution >= 0.6 is 0 Å². The fraction of sp³-hybridized carbons (Fsp3) is 0.864. The van der Waals surface area contributed by atoms with Crippen molar-refractivity contribution in [3.05, 3.63) is 24.3 Å². The molecule has 0 aromatic rings. The molecule has 0 aliphatic rings. The molecular weight excluding hydrogens is 719 g/mol. The molecule has 0 saturated heterocycles. The number of esters is 2. The third kappa shape index (κ3) is 43.2. The lowest BCUT2D eigenvalue weighted by Gasteiger charge is -2.34. The van der Waals surface area contributed by atoms with Crippen molar-refractivity contribution in [1.29, 1.82) is 0 Å². The smallest absolute Gasteiger partial charge is 0.397 e. The highest BCUT2D eigenvalue weighted by atomic mass is 32.3. The van der Waals surface area contributed by atoms with Gasteiger partial charge in [-0.15, -0.1) is 0 Å². The maximum absolute atomic E-state index is 12.6. The molecule has 0 saturated carbocycles. The molecule has 55 heavy (non-hydrogen) atoms. The monoisotopic (exact) mass is 804 g/mol. The first-order valence-corrected chi connectivity index (χ1v) is 23.4. The Hall–Kier alpha value is -1.79. The summed E-state index contributed by atoms with van der Waals surface area (Å²) in [6.07, 6.45) is 40.0. The van der Waals surface area contributed by atoms with E-state index in [9.17, 15) is 23.1 Å². The van der Waals surface area contributed by atoms with Gasteiger partial charge in [-0.2, -0.15) is 8.42 Å². The van der Waals surface area contributed by atoms with Crippen LogP contribution in [0.3, 0.4) is 0 Å². The third-order valence-corrected chi connectivity index (χ3v) is 9.93. The van der Waals surface area contributed by atoms with Gasteiger partial charge in [0.05, 0.1) is 13.2 Å². The number of ether oxygens (including phenoxy) is 2. The molecule has 0 bridgehead atoms. The Balaban J connectivity index is 0. The zero-order valence-electron chi connectivity index (χ0n) is 36.2. The summed E-state index contributed by atoms with van der Waals surface area (Å²) in [5.74, 6) is -0.486. The molecule has 0 fully saturated rings. The first kappa shape index (κ1) is 55.3. The van der Waals surface area contributed by atoms with E-state index in [2.05, 4.69) is 42.3 Å². The Kier molecular flexibility index (Phi) is 40.6. The SMILES string of the molecule is CCCCCCCCC=CCCCCCCCC(=O)OC(C)N(CC(C)O)C(C)OC(=O)CCCCCCCC=CCCCCCCCC.COS(=O)(=O)O. The second kappa shape index (κ2) is 40.4. The Bertz CT molecular complexity index is 972. The van der Waals surface area contributed by atoms with Gasteiger partial charge in [-0.25, -0.2) is 4.90 Å². The molecule has 10 nitrogen and oxygen atoms in total.